The highest BCUT2D eigenvalue weighted by Gasteiger charge is 2.39. The van der Waals surface area contributed by atoms with Crippen molar-refractivity contribution in [1.29, 1.82) is 0 Å². The van der Waals surface area contributed by atoms with Gasteiger partial charge < -0.3 is 19.7 Å². The van der Waals surface area contributed by atoms with Crippen molar-refractivity contribution >= 4 is 29.3 Å². The number of carbonyl (C=O) groups is 2. The number of fused-ring (bicyclic) bond motifs is 1. The van der Waals surface area contributed by atoms with Gasteiger partial charge in [-0.1, -0.05) is 12.5 Å². The van der Waals surface area contributed by atoms with Crippen LogP contribution in [0, 0.1) is 5.92 Å². The van der Waals surface area contributed by atoms with E-state index in [1.54, 1.807) is 22.7 Å². The normalized spacial score (nSPS) is 22.8. The Kier molecular flexibility index (Phi) is 4.26. The summed E-state index contributed by atoms with van der Waals surface area (Å²) in [6.45, 7) is 0.971. The average Bonchev–Trinajstić information content (AvgIpc) is 3.03. The van der Waals surface area contributed by atoms with E-state index in [-0.39, 0.29) is 17.7 Å². The molecule has 1 aromatic carbocycles. The van der Waals surface area contributed by atoms with Gasteiger partial charge >= 0.3 is 0 Å². The van der Waals surface area contributed by atoms with Crippen molar-refractivity contribution in [3.8, 4) is 11.5 Å². The van der Waals surface area contributed by atoms with Gasteiger partial charge in [0.05, 0.1) is 11.6 Å². The number of thioether (sulfide) groups is 1. The molecule has 2 aliphatic heterocycles. The number of para-hydroxylation sites is 1. The second kappa shape index (κ2) is 6.55. The van der Waals surface area contributed by atoms with Crippen molar-refractivity contribution < 1.29 is 19.1 Å². The Morgan fingerprint density at radius 2 is 2.04 bits per heavy atom. The molecule has 0 spiro atoms. The zero-order chi connectivity index (χ0) is 16.5. The van der Waals surface area contributed by atoms with E-state index < -0.39 is 6.04 Å². The number of hydrogen-bond donors (Lipinski definition) is 1. The predicted octanol–water partition coefficient (Wildman–Crippen LogP) is 2.10. The minimum Gasteiger partial charge on any atom is -0.486 e. The summed E-state index contributed by atoms with van der Waals surface area (Å²) in [5, 5.41) is 2.92. The van der Waals surface area contributed by atoms with Gasteiger partial charge in [-0.05, 0) is 25.0 Å². The molecule has 2 fully saturated rings. The Labute approximate surface area is 144 Å². The maximum Gasteiger partial charge on any atom is 0.248 e. The summed E-state index contributed by atoms with van der Waals surface area (Å²) in [5.41, 5.74) is 0.602. The smallest absolute Gasteiger partial charge is 0.248 e. The molecule has 7 heteroatoms. The SMILES string of the molecule is O=C(Nc1cccc2c1OCCO2)[C@H]1CSCN1C(=O)C1CCC1. The number of benzene rings is 1. The van der Waals surface area contributed by atoms with Crippen molar-refractivity contribution in [3.05, 3.63) is 18.2 Å². The fourth-order valence-electron chi connectivity index (χ4n) is 3.15. The van der Waals surface area contributed by atoms with E-state index >= 15 is 0 Å². The number of hydrogen-bond acceptors (Lipinski definition) is 5. The first-order valence-corrected chi connectivity index (χ1v) is 9.47. The van der Waals surface area contributed by atoms with Crippen LogP contribution in [-0.2, 0) is 9.59 Å². The molecule has 0 radical (unpaired) electrons. The number of anilines is 1. The fourth-order valence-corrected chi connectivity index (χ4v) is 4.32. The largest absolute Gasteiger partial charge is 0.486 e. The summed E-state index contributed by atoms with van der Waals surface area (Å²) in [4.78, 5) is 27.0. The van der Waals surface area contributed by atoms with Gasteiger partial charge in [0, 0.05) is 11.7 Å². The Bertz CT molecular complexity index is 662. The quantitative estimate of drug-likeness (QED) is 0.906. The molecule has 3 aliphatic rings. The molecule has 128 valence electrons. The van der Waals surface area contributed by atoms with Crippen LogP contribution in [0.3, 0.4) is 0 Å². The molecule has 2 amide bonds. The Balaban J connectivity index is 1.48. The molecule has 1 atom stereocenters. The fraction of sp³-hybridized carbons (Fsp3) is 0.529. The second-order valence-corrected chi connectivity index (χ2v) is 7.27. The van der Waals surface area contributed by atoms with Crippen molar-refractivity contribution in [3.63, 3.8) is 0 Å². The molecule has 6 nitrogen and oxygen atoms in total. The summed E-state index contributed by atoms with van der Waals surface area (Å²) < 4.78 is 11.2. The highest BCUT2D eigenvalue weighted by molar-refractivity contribution is 7.99. The average molecular weight is 348 g/mol. The lowest BCUT2D eigenvalue weighted by Crippen LogP contribution is -2.47. The standard InChI is InChI=1S/C17H20N2O4S/c20-16(13-9-24-10-19(13)17(21)11-3-1-4-11)18-12-5-2-6-14-15(12)23-8-7-22-14/h2,5-6,11,13H,1,3-4,7-10H2,(H,18,20)/t13-/m1/s1. The summed E-state index contributed by atoms with van der Waals surface area (Å²) in [5.74, 6) is 2.52. The predicted molar refractivity (Wildman–Crippen MR) is 91.4 cm³/mol. The van der Waals surface area contributed by atoms with Gasteiger partial charge in [-0.3, -0.25) is 9.59 Å². The van der Waals surface area contributed by atoms with Gasteiger partial charge in [-0.25, -0.2) is 0 Å². The van der Waals surface area contributed by atoms with Gasteiger partial charge in [0.25, 0.3) is 0 Å². The number of nitrogens with one attached hydrogen (secondary N) is 1. The third-order valence-corrected chi connectivity index (χ3v) is 5.76. The molecule has 24 heavy (non-hydrogen) atoms. The van der Waals surface area contributed by atoms with Crippen molar-refractivity contribution in [2.45, 2.75) is 25.3 Å². The molecule has 1 saturated heterocycles. The number of carbonyl (C=O) groups excluding carboxylic acids is 2. The molecule has 1 aliphatic carbocycles. The van der Waals surface area contributed by atoms with Crippen molar-refractivity contribution in [1.82, 2.24) is 4.90 Å². The topological polar surface area (TPSA) is 67.9 Å². The van der Waals surface area contributed by atoms with Crippen LogP contribution in [0.4, 0.5) is 5.69 Å². The molecular weight excluding hydrogens is 328 g/mol. The Hall–Kier alpha value is -1.89. The van der Waals surface area contributed by atoms with Crippen molar-refractivity contribution in [2.24, 2.45) is 5.92 Å². The third-order valence-electron chi connectivity index (χ3n) is 4.75. The van der Waals surface area contributed by atoms with Gasteiger partial charge in [0.1, 0.15) is 19.3 Å². The summed E-state index contributed by atoms with van der Waals surface area (Å²) >= 11 is 1.63. The molecule has 0 aromatic heterocycles. The van der Waals surface area contributed by atoms with Crippen LogP contribution >= 0.6 is 11.8 Å². The summed E-state index contributed by atoms with van der Waals surface area (Å²) in [7, 11) is 0. The Morgan fingerprint density at radius 1 is 1.21 bits per heavy atom. The molecule has 1 aromatic rings. The van der Waals surface area contributed by atoms with Crippen molar-refractivity contribution in [2.75, 3.05) is 30.2 Å². The summed E-state index contributed by atoms with van der Waals surface area (Å²) in [6, 6.07) is 5.03. The van der Waals surface area contributed by atoms with Gasteiger partial charge in [0.2, 0.25) is 11.8 Å². The first-order chi connectivity index (χ1) is 11.7. The van der Waals surface area contributed by atoms with E-state index in [1.807, 2.05) is 12.1 Å². The number of nitrogens with zero attached hydrogens (tertiary/aromatic N) is 1. The van der Waals surface area contributed by atoms with E-state index in [4.69, 9.17) is 9.47 Å². The van der Waals surface area contributed by atoms with Crippen LogP contribution in [0.15, 0.2) is 18.2 Å². The lowest BCUT2D eigenvalue weighted by molar-refractivity contribution is -0.141. The minimum absolute atomic E-state index is 0.111. The molecule has 4 rings (SSSR count). The van der Waals surface area contributed by atoms with Gasteiger partial charge in [-0.2, -0.15) is 0 Å². The molecule has 0 bridgehead atoms. The van der Waals surface area contributed by atoms with E-state index in [0.29, 0.717) is 42.0 Å². The van der Waals surface area contributed by atoms with Crippen LogP contribution in [0.1, 0.15) is 19.3 Å². The number of ether oxygens (including phenoxy) is 2. The molecular formula is C17H20N2O4S. The number of amides is 2. The molecule has 1 saturated carbocycles. The van der Waals surface area contributed by atoms with E-state index in [0.717, 1.165) is 19.3 Å². The van der Waals surface area contributed by atoms with E-state index in [1.165, 1.54) is 0 Å². The molecule has 2 heterocycles. The van der Waals surface area contributed by atoms with E-state index in [2.05, 4.69) is 5.32 Å². The highest BCUT2D eigenvalue weighted by Crippen LogP contribution is 2.38. The minimum atomic E-state index is -0.413. The zero-order valence-electron chi connectivity index (χ0n) is 13.3. The van der Waals surface area contributed by atoms with Gasteiger partial charge in [-0.15, -0.1) is 11.8 Å². The van der Waals surface area contributed by atoms with Crippen LogP contribution < -0.4 is 14.8 Å². The zero-order valence-corrected chi connectivity index (χ0v) is 14.1. The maximum atomic E-state index is 12.7. The summed E-state index contributed by atoms with van der Waals surface area (Å²) in [6.07, 6.45) is 3.01. The first-order valence-electron chi connectivity index (χ1n) is 8.32. The number of rotatable bonds is 3. The van der Waals surface area contributed by atoms with Crippen LogP contribution in [-0.4, -0.2) is 47.6 Å². The lowest BCUT2D eigenvalue weighted by atomic mass is 9.84. The monoisotopic (exact) mass is 348 g/mol. The lowest BCUT2D eigenvalue weighted by Gasteiger charge is -2.31. The van der Waals surface area contributed by atoms with Crippen LogP contribution in [0.2, 0.25) is 0 Å². The van der Waals surface area contributed by atoms with Gasteiger partial charge in [0.15, 0.2) is 11.5 Å². The van der Waals surface area contributed by atoms with E-state index in [9.17, 15) is 9.59 Å². The highest BCUT2D eigenvalue weighted by atomic mass is 32.2. The maximum absolute atomic E-state index is 12.7. The van der Waals surface area contributed by atoms with Crippen LogP contribution in [0.5, 0.6) is 11.5 Å². The second-order valence-electron chi connectivity index (χ2n) is 6.27. The van der Waals surface area contributed by atoms with Crippen LogP contribution in [0.25, 0.3) is 0 Å². The Morgan fingerprint density at radius 3 is 2.83 bits per heavy atom. The third kappa shape index (κ3) is 2.81. The molecule has 0 unspecified atom stereocenters. The molecule has 1 N–H and O–H groups in total. The first kappa shape index (κ1) is 15.6.